The number of rotatable bonds is 3. The van der Waals surface area contributed by atoms with Crippen molar-refractivity contribution in [1.29, 1.82) is 0 Å². The highest BCUT2D eigenvalue weighted by atomic mass is 19.1. The second kappa shape index (κ2) is 5.77. The Kier molecular flexibility index (Phi) is 3.84. The Bertz CT molecular complexity index is 632. The molecule has 1 aliphatic heterocycles. The molecule has 0 amide bonds. The summed E-state index contributed by atoms with van der Waals surface area (Å²) in [6, 6.07) is 6.99. The van der Waals surface area contributed by atoms with Crippen molar-refractivity contribution in [2.45, 2.75) is 25.5 Å². The Balaban J connectivity index is 1.85. The van der Waals surface area contributed by atoms with Crippen molar-refractivity contribution < 1.29 is 18.6 Å². The molecule has 110 valence electrons. The van der Waals surface area contributed by atoms with E-state index in [1.54, 1.807) is 12.1 Å². The fourth-order valence-electron chi connectivity index (χ4n) is 2.43. The zero-order valence-corrected chi connectivity index (χ0v) is 11.4. The van der Waals surface area contributed by atoms with Gasteiger partial charge in [-0.1, -0.05) is 24.3 Å². The number of ether oxygens (including phenoxy) is 1. The van der Waals surface area contributed by atoms with E-state index < -0.39 is 11.7 Å². The zero-order valence-electron chi connectivity index (χ0n) is 11.4. The van der Waals surface area contributed by atoms with E-state index in [0.717, 1.165) is 11.1 Å². The number of hydrogen-bond acceptors (Lipinski definition) is 3. The summed E-state index contributed by atoms with van der Waals surface area (Å²) in [7, 11) is 0. The van der Waals surface area contributed by atoms with Crippen LogP contribution in [-0.4, -0.2) is 17.6 Å². The number of halogens is 2. The third-order valence-corrected chi connectivity index (χ3v) is 3.61. The Hall–Kier alpha value is -2.01. The highest BCUT2D eigenvalue weighted by Crippen LogP contribution is 2.33. The first kappa shape index (κ1) is 13.9. The first-order valence-corrected chi connectivity index (χ1v) is 6.84. The average Bonchev–Trinajstić information content (AvgIpc) is 2.97. The number of allylic oxidation sites excluding steroid dienone is 2. The van der Waals surface area contributed by atoms with Crippen LogP contribution in [0.1, 0.15) is 30.0 Å². The summed E-state index contributed by atoms with van der Waals surface area (Å²) in [6.45, 7) is 0.238. The molecular formula is C16H15F2NO2. The molecule has 2 aliphatic rings. The molecule has 0 saturated heterocycles. The molecule has 1 unspecified atom stereocenters. The minimum Gasteiger partial charge on any atom is -0.475 e. The summed E-state index contributed by atoms with van der Waals surface area (Å²) < 4.78 is 32.9. The standard InChI is InChI=1S/C16H15F2NO2/c17-12-2-1-3-13(18)15(12)16-19-14(9-21-16)11-6-4-10(8-20)5-7-11/h2,4-7,14,20H,1,3,8-9H2. The lowest BCUT2D eigenvalue weighted by atomic mass is 10.0. The molecule has 1 aromatic carbocycles. The molecule has 0 bridgehead atoms. The van der Waals surface area contributed by atoms with Gasteiger partial charge in [-0.05, 0) is 23.6 Å². The number of nitrogens with zero attached hydrogens (tertiary/aromatic N) is 1. The summed E-state index contributed by atoms with van der Waals surface area (Å²) in [4.78, 5) is 4.29. The largest absolute Gasteiger partial charge is 0.475 e. The van der Waals surface area contributed by atoms with Crippen LogP contribution in [0.4, 0.5) is 8.78 Å². The van der Waals surface area contributed by atoms with Gasteiger partial charge in [0, 0.05) is 6.42 Å². The van der Waals surface area contributed by atoms with E-state index in [9.17, 15) is 8.78 Å². The van der Waals surface area contributed by atoms with Crippen molar-refractivity contribution in [3.05, 3.63) is 58.7 Å². The Morgan fingerprint density at radius 3 is 2.67 bits per heavy atom. The predicted molar refractivity (Wildman–Crippen MR) is 75.1 cm³/mol. The molecule has 21 heavy (non-hydrogen) atoms. The number of benzene rings is 1. The van der Waals surface area contributed by atoms with Gasteiger partial charge in [-0.25, -0.2) is 13.8 Å². The van der Waals surface area contributed by atoms with E-state index >= 15 is 0 Å². The topological polar surface area (TPSA) is 41.8 Å². The van der Waals surface area contributed by atoms with Crippen LogP contribution in [-0.2, 0) is 11.3 Å². The molecule has 3 rings (SSSR count). The molecule has 1 N–H and O–H groups in total. The van der Waals surface area contributed by atoms with Gasteiger partial charge in [-0.15, -0.1) is 0 Å². The summed E-state index contributed by atoms with van der Waals surface area (Å²) in [5.74, 6) is -1.07. The van der Waals surface area contributed by atoms with E-state index in [2.05, 4.69) is 4.99 Å². The fraction of sp³-hybridized carbons (Fsp3) is 0.312. The van der Waals surface area contributed by atoms with Gasteiger partial charge in [0.15, 0.2) is 0 Å². The van der Waals surface area contributed by atoms with Crippen LogP contribution in [0.25, 0.3) is 0 Å². The third kappa shape index (κ3) is 2.74. The molecule has 1 aliphatic carbocycles. The number of hydrogen-bond donors (Lipinski definition) is 1. The molecule has 5 heteroatoms. The number of aliphatic hydroxyl groups is 1. The second-order valence-corrected chi connectivity index (χ2v) is 5.03. The average molecular weight is 291 g/mol. The van der Waals surface area contributed by atoms with Gasteiger partial charge >= 0.3 is 0 Å². The van der Waals surface area contributed by atoms with Gasteiger partial charge in [0.2, 0.25) is 5.90 Å². The van der Waals surface area contributed by atoms with Crippen molar-refractivity contribution in [3.63, 3.8) is 0 Å². The van der Waals surface area contributed by atoms with E-state index in [4.69, 9.17) is 9.84 Å². The molecule has 0 saturated carbocycles. The van der Waals surface area contributed by atoms with Crippen LogP contribution in [0.15, 0.2) is 52.6 Å². The van der Waals surface area contributed by atoms with Crippen LogP contribution in [0.3, 0.4) is 0 Å². The van der Waals surface area contributed by atoms with Gasteiger partial charge in [-0.2, -0.15) is 0 Å². The lowest BCUT2D eigenvalue weighted by Gasteiger charge is -2.11. The quantitative estimate of drug-likeness (QED) is 0.925. The van der Waals surface area contributed by atoms with E-state index in [-0.39, 0.29) is 37.1 Å². The van der Waals surface area contributed by atoms with E-state index in [0.29, 0.717) is 6.42 Å². The molecule has 0 aromatic heterocycles. The third-order valence-electron chi connectivity index (χ3n) is 3.61. The van der Waals surface area contributed by atoms with Crippen LogP contribution in [0, 0.1) is 0 Å². The maximum Gasteiger partial charge on any atom is 0.222 e. The van der Waals surface area contributed by atoms with Gasteiger partial charge in [0.1, 0.15) is 29.9 Å². The van der Waals surface area contributed by atoms with Crippen molar-refractivity contribution in [2.75, 3.05) is 6.61 Å². The van der Waals surface area contributed by atoms with Gasteiger partial charge in [0.25, 0.3) is 0 Å². The normalized spacial score (nSPS) is 22.0. The molecule has 0 radical (unpaired) electrons. The SMILES string of the molecule is OCc1ccc(C2COC(C3=C(F)CCC=C3F)=N2)cc1. The number of aliphatic hydroxyl groups excluding tert-OH is 1. The Morgan fingerprint density at radius 2 is 2.00 bits per heavy atom. The smallest absolute Gasteiger partial charge is 0.222 e. The molecule has 0 spiro atoms. The highest BCUT2D eigenvalue weighted by molar-refractivity contribution is 5.99. The Morgan fingerprint density at radius 1 is 1.24 bits per heavy atom. The predicted octanol–water partition coefficient (Wildman–Crippen LogP) is 3.52. The maximum absolute atomic E-state index is 13.8. The van der Waals surface area contributed by atoms with Crippen molar-refractivity contribution >= 4 is 5.90 Å². The van der Waals surface area contributed by atoms with Crippen LogP contribution in [0.2, 0.25) is 0 Å². The van der Waals surface area contributed by atoms with Gasteiger partial charge in [0.05, 0.1) is 6.61 Å². The molecule has 0 fully saturated rings. The first-order valence-electron chi connectivity index (χ1n) is 6.84. The van der Waals surface area contributed by atoms with Crippen molar-refractivity contribution in [2.24, 2.45) is 4.99 Å². The minimum absolute atomic E-state index is 0.0237. The summed E-state index contributed by atoms with van der Waals surface area (Å²) in [6.07, 6.45) is 1.90. The zero-order chi connectivity index (χ0) is 14.8. The van der Waals surface area contributed by atoms with Crippen LogP contribution < -0.4 is 0 Å². The lowest BCUT2D eigenvalue weighted by Crippen LogP contribution is -2.08. The van der Waals surface area contributed by atoms with Crippen molar-refractivity contribution in [3.8, 4) is 0 Å². The number of aliphatic imine (C=N–C) groups is 1. The lowest BCUT2D eigenvalue weighted by molar-refractivity contribution is 0.281. The summed E-state index contributed by atoms with van der Waals surface area (Å²) in [5, 5.41) is 9.02. The van der Waals surface area contributed by atoms with Crippen LogP contribution >= 0.6 is 0 Å². The van der Waals surface area contributed by atoms with Crippen molar-refractivity contribution in [1.82, 2.24) is 0 Å². The highest BCUT2D eigenvalue weighted by Gasteiger charge is 2.29. The van der Waals surface area contributed by atoms with Gasteiger partial charge < -0.3 is 9.84 Å². The monoisotopic (exact) mass is 291 g/mol. The second-order valence-electron chi connectivity index (χ2n) is 5.03. The summed E-state index contributed by atoms with van der Waals surface area (Å²) >= 11 is 0. The molecular weight excluding hydrogens is 276 g/mol. The minimum atomic E-state index is -0.603. The molecule has 1 atom stereocenters. The molecule has 3 nitrogen and oxygen atoms in total. The fourth-order valence-corrected chi connectivity index (χ4v) is 2.43. The molecule has 1 aromatic rings. The Labute approximate surface area is 121 Å². The maximum atomic E-state index is 13.8. The van der Waals surface area contributed by atoms with Gasteiger partial charge in [-0.3, -0.25) is 0 Å². The summed E-state index contributed by atoms with van der Waals surface area (Å²) in [5.41, 5.74) is 1.55. The molecule has 1 heterocycles. The van der Waals surface area contributed by atoms with Crippen LogP contribution in [0.5, 0.6) is 0 Å². The van der Waals surface area contributed by atoms with E-state index in [1.807, 2.05) is 12.1 Å². The van der Waals surface area contributed by atoms with E-state index in [1.165, 1.54) is 6.08 Å². The first-order chi connectivity index (χ1) is 10.2.